The molecule has 2 saturated heterocycles. The van der Waals surface area contributed by atoms with Crippen LogP contribution >= 0.6 is 0 Å². The lowest BCUT2D eigenvalue weighted by Crippen LogP contribution is -2.58. The van der Waals surface area contributed by atoms with E-state index >= 15 is 0 Å². The van der Waals surface area contributed by atoms with Crippen molar-refractivity contribution in [1.29, 1.82) is 0 Å². The van der Waals surface area contributed by atoms with Crippen LogP contribution < -0.4 is 15.0 Å². The highest BCUT2D eigenvalue weighted by Crippen LogP contribution is 2.21. The van der Waals surface area contributed by atoms with E-state index in [-0.39, 0.29) is 18.5 Å². The van der Waals surface area contributed by atoms with E-state index in [2.05, 4.69) is 5.32 Å². The van der Waals surface area contributed by atoms with Gasteiger partial charge in [-0.3, -0.25) is 9.69 Å². The molecular weight excluding hydrogens is 320 g/mol. The third kappa shape index (κ3) is 3.87. The summed E-state index contributed by atoms with van der Waals surface area (Å²) in [7, 11) is 3.34. The Morgan fingerprint density at radius 2 is 1.88 bits per heavy atom. The van der Waals surface area contributed by atoms with E-state index in [1.165, 1.54) is 0 Å². The third-order valence-corrected chi connectivity index (χ3v) is 5.02. The van der Waals surface area contributed by atoms with Gasteiger partial charge in [-0.2, -0.15) is 0 Å². The van der Waals surface area contributed by atoms with Gasteiger partial charge in [-0.25, -0.2) is 4.79 Å². The van der Waals surface area contributed by atoms with Gasteiger partial charge in [-0.1, -0.05) is 0 Å². The molecule has 3 amide bonds. The Labute approximate surface area is 148 Å². The average molecular weight is 346 g/mol. The molecular formula is C18H26N4O3. The number of hydrogen-bond donors (Lipinski definition) is 1. The lowest BCUT2D eigenvalue weighted by molar-refractivity contribution is -0.137. The number of methoxy groups -OCH3 is 1. The standard InChI is InChI=1S/C18H26N4O3/c1-20(14-3-5-16(25-2)6-4-14)18(24)21-11-12-22(17(23)13-21)15-7-9-19-10-8-15/h3-6,15,19H,7-13H2,1-2H3. The topological polar surface area (TPSA) is 65.1 Å². The number of benzene rings is 1. The van der Waals surface area contributed by atoms with Crippen LogP contribution in [-0.4, -0.2) is 74.7 Å². The lowest BCUT2D eigenvalue weighted by atomic mass is 10.0. The summed E-state index contributed by atoms with van der Waals surface area (Å²) in [5, 5.41) is 3.32. The maximum Gasteiger partial charge on any atom is 0.324 e. The van der Waals surface area contributed by atoms with Gasteiger partial charge in [0.2, 0.25) is 5.91 Å². The number of rotatable bonds is 3. The monoisotopic (exact) mass is 346 g/mol. The second-order valence-electron chi connectivity index (χ2n) is 6.53. The Morgan fingerprint density at radius 3 is 2.48 bits per heavy atom. The number of nitrogens with one attached hydrogen (secondary N) is 1. The fourth-order valence-corrected chi connectivity index (χ4v) is 3.48. The summed E-state index contributed by atoms with van der Waals surface area (Å²) in [4.78, 5) is 30.4. The van der Waals surface area contributed by atoms with Crippen molar-refractivity contribution in [3.05, 3.63) is 24.3 Å². The van der Waals surface area contributed by atoms with Crippen molar-refractivity contribution in [3.8, 4) is 5.75 Å². The molecule has 7 heteroatoms. The number of amides is 3. The highest BCUT2D eigenvalue weighted by molar-refractivity contribution is 5.94. The van der Waals surface area contributed by atoms with Gasteiger partial charge in [-0.15, -0.1) is 0 Å². The molecule has 0 spiro atoms. The summed E-state index contributed by atoms with van der Waals surface area (Å²) >= 11 is 0. The van der Waals surface area contributed by atoms with Gasteiger partial charge >= 0.3 is 6.03 Å². The van der Waals surface area contributed by atoms with E-state index < -0.39 is 0 Å². The summed E-state index contributed by atoms with van der Waals surface area (Å²) in [6.45, 7) is 3.26. The van der Waals surface area contributed by atoms with Crippen molar-refractivity contribution in [2.75, 3.05) is 51.8 Å². The quantitative estimate of drug-likeness (QED) is 0.892. The first kappa shape index (κ1) is 17.5. The maximum atomic E-state index is 12.7. The first-order chi connectivity index (χ1) is 12.1. The zero-order valence-corrected chi connectivity index (χ0v) is 14.9. The largest absolute Gasteiger partial charge is 0.497 e. The van der Waals surface area contributed by atoms with Crippen LogP contribution in [0.4, 0.5) is 10.5 Å². The van der Waals surface area contributed by atoms with E-state index in [4.69, 9.17) is 4.74 Å². The van der Waals surface area contributed by atoms with E-state index in [0.717, 1.165) is 37.4 Å². The second kappa shape index (κ2) is 7.74. The molecule has 0 bridgehead atoms. The van der Waals surface area contributed by atoms with Crippen LogP contribution in [-0.2, 0) is 4.79 Å². The molecule has 0 radical (unpaired) electrons. The fourth-order valence-electron chi connectivity index (χ4n) is 3.48. The van der Waals surface area contributed by atoms with Crippen LogP contribution in [0, 0.1) is 0 Å². The third-order valence-electron chi connectivity index (χ3n) is 5.02. The van der Waals surface area contributed by atoms with Crippen molar-refractivity contribution in [1.82, 2.24) is 15.1 Å². The normalized spacial score (nSPS) is 19.0. The maximum absolute atomic E-state index is 12.7. The van der Waals surface area contributed by atoms with Gasteiger partial charge in [0.25, 0.3) is 0 Å². The zero-order chi connectivity index (χ0) is 17.8. The molecule has 0 atom stereocenters. The van der Waals surface area contributed by atoms with Crippen LogP contribution in [0.25, 0.3) is 0 Å². The smallest absolute Gasteiger partial charge is 0.324 e. The van der Waals surface area contributed by atoms with Gasteiger partial charge in [0, 0.05) is 31.9 Å². The molecule has 1 aromatic rings. The summed E-state index contributed by atoms with van der Waals surface area (Å²) in [5.74, 6) is 0.796. The minimum absolute atomic E-state index is 0.0506. The SMILES string of the molecule is COc1ccc(N(C)C(=O)N2CCN(C3CCNCC3)C(=O)C2)cc1. The van der Waals surface area contributed by atoms with Gasteiger partial charge in [0.15, 0.2) is 0 Å². The lowest BCUT2D eigenvalue weighted by Gasteiger charge is -2.41. The Balaban J connectivity index is 1.60. The van der Waals surface area contributed by atoms with Crippen LogP contribution in [0.15, 0.2) is 24.3 Å². The number of nitrogens with zero attached hydrogens (tertiary/aromatic N) is 3. The minimum Gasteiger partial charge on any atom is -0.497 e. The summed E-state index contributed by atoms with van der Waals surface area (Å²) in [5.41, 5.74) is 0.777. The molecule has 2 fully saturated rings. The molecule has 0 aliphatic carbocycles. The molecule has 0 unspecified atom stereocenters. The van der Waals surface area contributed by atoms with Crippen LogP contribution in [0.2, 0.25) is 0 Å². The van der Waals surface area contributed by atoms with Gasteiger partial charge in [-0.05, 0) is 50.2 Å². The van der Waals surface area contributed by atoms with Crippen molar-refractivity contribution < 1.29 is 14.3 Å². The Hall–Kier alpha value is -2.28. The summed E-state index contributed by atoms with van der Waals surface area (Å²) < 4.78 is 5.14. The van der Waals surface area contributed by atoms with E-state index in [9.17, 15) is 9.59 Å². The Morgan fingerprint density at radius 1 is 1.20 bits per heavy atom. The molecule has 1 aromatic carbocycles. The molecule has 2 heterocycles. The predicted octanol–water partition coefficient (Wildman–Crippen LogP) is 1.15. The predicted molar refractivity (Wildman–Crippen MR) is 96.0 cm³/mol. The molecule has 0 aromatic heterocycles. The number of ether oxygens (including phenoxy) is 1. The van der Waals surface area contributed by atoms with Gasteiger partial charge in [0.1, 0.15) is 12.3 Å². The van der Waals surface area contributed by atoms with Crippen molar-refractivity contribution in [2.45, 2.75) is 18.9 Å². The highest BCUT2D eigenvalue weighted by atomic mass is 16.5. The van der Waals surface area contributed by atoms with E-state index in [1.807, 2.05) is 29.2 Å². The molecule has 25 heavy (non-hydrogen) atoms. The average Bonchev–Trinajstić information content (AvgIpc) is 2.67. The first-order valence-electron chi connectivity index (χ1n) is 8.77. The zero-order valence-electron chi connectivity index (χ0n) is 14.9. The number of anilines is 1. The number of hydrogen-bond acceptors (Lipinski definition) is 4. The van der Waals surface area contributed by atoms with E-state index in [1.54, 1.807) is 24.0 Å². The summed E-state index contributed by atoms with van der Waals surface area (Å²) in [6, 6.07) is 7.47. The molecule has 3 rings (SSSR count). The van der Waals surface area contributed by atoms with Gasteiger partial charge < -0.3 is 19.9 Å². The number of piperazine rings is 1. The van der Waals surface area contributed by atoms with Crippen LogP contribution in [0.3, 0.4) is 0 Å². The highest BCUT2D eigenvalue weighted by Gasteiger charge is 2.33. The fraction of sp³-hybridized carbons (Fsp3) is 0.556. The Kier molecular flexibility index (Phi) is 5.43. The second-order valence-corrected chi connectivity index (χ2v) is 6.53. The van der Waals surface area contributed by atoms with Crippen LogP contribution in [0.1, 0.15) is 12.8 Å². The number of carbonyl (C=O) groups is 2. The minimum atomic E-state index is -0.150. The number of piperidine rings is 1. The molecule has 7 nitrogen and oxygen atoms in total. The number of urea groups is 1. The van der Waals surface area contributed by atoms with Crippen molar-refractivity contribution >= 4 is 17.6 Å². The van der Waals surface area contributed by atoms with Crippen molar-refractivity contribution in [3.63, 3.8) is 0 Å². The van der Waals surface area contributed by atoms with Crippen molar-refractivity contribution in [2.24, 2.45) is 0 Å². The molecule has 136 valence electrons. The summed E-state index contributed by atoms with van der Waals surface area (Å²) in [6.07, 6.45) is 1.98. The Bertz CT molecular complexity index is 613. The number of carbonyl (C=O) groups excluding carboxylic acids is 2. The van der Waals surface area contributed by atoms with Crippen LogP contribution in [0.5, 0.6) is 5.75 Å². The molecule has 0 saturated carbocycles. The molecule has 1 N–H and O–H groups in total. The molecule has 2 aliphatic rings. The first-order valence-corrected chi connectivity index (χ1v) is 8.77. The van der Waals surface area contributed by atoms with E-state index in [0.29, 0.717) is 19.1 Å². The molecule has 2 aliphatic heterocycles. The van der Waals surface area contributed by atoms with Gasteiger partial charge in [0.05, 0.1) is 7.11 Å².